The molecule has 3 aromatic rings. The van der Waals surface area contributed by atoms with Crippen molar-refractivity contribution < 1.29 is 18.8 Å². The van der Waals surface area contributed by atoms with Gasteiger partial charge >= 0.3 is 5.97 Å². The van der Waals surface area contributed by atoms with E-state index in [-0.39, 0.29) is 5.84 Å². The summed E-state index contributed by atoms with van der Waals surface area (Å²) in [6, 6.07) is 22.0. The molecule has 6 heteroatoms. The van der Waals surface area contributed by atoms with Crippen molar-refractivity contribution in [2.45, 2.75) is 6.67 Å². The minimum atomic E-state index is -0.588. The fraction of sp³-hybridized carbons (Fsp3) is 0.0476. The van der Waals surface area contributed by atoms with Crippen molar-refractivity contribution in [3.05, 3.63) is 95.6 Å². The Hall–Kier alpha value is -3.67. The Labute approximate surface area is 155 Å². The number of amidine groups is 1. The van der Waals surface area contributed by atoms with Crippen LogP contribution in [0.15, 0.2) is 84.0 Å². The van der Waals surface area contributed by atoms with Gasteiger partial charge in [-0.1, -0.05) is 35.5 Å². The van der Waals surface area contributed by atoms with Crippen LogP contribution < -0.4 is 10.5 Å². The number of alkyl halides is 1. The van der Waals surface area contributed by atoms with Crippen LogP contribution in [0.5, 0.6) is 11.5 Å². The van der Waals surface area contributed by atoms with Gasteiger partial charge in [0.05, 0.1) is 5.56 Å². The summed E-state index contributed by atoms with van der Waals surface area (Å²) in [5, 5.41) is 3.67. The second-order valence-electron chi connectivity index (χ2n) is 5.63. The summed E-state index contributed by atoms with van der Waals surface area (Å²) < 4.78 is 18.2. The fourth-order valence-corrected chi connectivity index (χ4v) is 2.25. The summed E-state index contributed by atoms with van der Waals surface area (Å²) in [5.41, 5.74) is 7.41. The highest BCUT2D eigenvalue weighted by atomic mass is 19.1. The number of halogens is 1. The van der Waals surface area contributed by atoms with Crippen LogP contribution in [0.4, 0.5) is 4.39 Å². The smallest absolute Gasteiger partial charge is 0.365 e. The predicted octanol–water partition coefficient (Wildman–Crippen LogP) is 4.43. The van der Waals surface area contributed by atoms with Crippen LogP contribution >= 0.6 is 0 Å². The summed E-state index contributed by atoms with van der Waals surface area (Å²) >= 11 is 0. The number of nitrogens with two attached hydrogens (primary N) is 1. The van der Waals surface area contributed by atoms with E-state index in [0.717, 1.165) is 0 Å². The molecule has 0 spiro atoms. The summed E-state index contributed by atoms with van der Waals surface area (Å²) in [4.78, 5) is 16.7. The lowest BCUT2D eigenvalue weighted by atomic mass is 10.2. The molecule has 0 saturated heterocycles. The van der Waals surface area contributed by atoms with Gasteiger partial charge in [0, 0.05) is 5.56 Å². The Kier molecular flexibility index (Phi) is 5.79. The van der Waals surface area contributed by atoms with Crippen molar-refractivity contribution in [2.75, 3.05) is 0 Å². The quantitative estimate of drug-likeness (QED) is 0.304. The molecule has 2 N–H and O–H groups in total. The summed E-state index contributed by atoms with van der Waals surface area (Å²) in [6.07, 6.45) is 0. The summed E-state index contributed by atoms with van der Waals surface area (Å²) in [6.45, 7) is -0.511. The zero-order valence-corrected chi connectivity index (χ0v) is 14.3. The maximum atomic E-state index is 12.5. The molecule has 0 saturated carbocycles. The number of carbonyl (C=O) groups is 1. The number of rotatable bonds is 6. The van der Waals surface area contributed by atoms with E-state index in [1.165, 1.54) is 0 Å². The molecule has 5 nitrogen and oxygen atoms in total. The van der Waals surface area contributed by atoms with Crippen LogP contribution in [0.2, 0.25) is 0 Å². The lowest BCUT2D eigenvalue weighted by Crippen LogP contribution is -2.15. The van der Waals surface area contributed by atoms with E-state index in [4.69, 9.17) is 15.3 Å². The Morgan fingerprint density at radius 2 is 1.44 bits per heavy atom. The number of ether oxygens (including phenoxy) is 1. The Bertz CT molecular complexity index is 924. The molecule has 27 heavy (non-hydrogen) atoms. The van der Waals surface area contributed by atoms with Gasteiger partial charge in [-0.15, -0.1) is 0 Å². The molecule has 0 aliphatic rings. The normalized spacial score (nSPS) is 11.1. The largest absolute Gasteiger partial charge is 0.457 e. The van der Waals surface area contributed by atoms with E-state index in [0.29, 0.717) is 28.2 Å². The van der Waals surface area contributed by atoms with Gasteiger partial charge in [-0.05, 0) is 54.1 Å². The summed E-state index contributed by atoms with van der Waals surface area (Å²) in [7, 11) is 0. The van der Waals surface area contributed by atoms with E-state index < -0.39 is 12.6 Å². The molecular weight excluding hydrogens is 347 g/mol. The number of hydrogen-bond donors (Lipinski definition) is 1. The predicted molar refractivity (Wildman–Crippen MR) is 100 cm³/mol. The van der Waals surface area contributed by atoms with Crippen molar-refractivity contribution in [1.82, 2.24) is 0 Å². The number of oxime groups is 1. The molecule has 0 atom stereocenters. The topological polar surface area (TPSA) is 73.9 Å². The number of hydrogen-bond acceptors (Lipinski definition) is 4. The lowest BCUT2D eigenvalue weighted by molar-refractivity contribution is 0.0516. The van der Waals surface area contributed by atoms with Crippen LogP contribution in [0.25, 0.3) is 0 Å². The highest BCUT2D eigenvalue weighted by molar-refractivity contribution is 5.98. The first-order valence-electron chi connectivity index (χ1n) is 8.19. The third-order valence-electron chi connectivity index (χ3n) is 3.70. The Balaban J connectivity index is 1.62. The van der Waals surface area contributed by atoms with E-state index >= 15 is 0 Å². The third-order valence-corrected chi connectivity index (χ3v) is 3.70. The maximum absolute atomic E-state index is 12.5. The lowest BCUT2D eigenvalue weighted by Gasteiger charge is -2.07. The average molecular weight is 364 g/mol. The third kappa shape index (κ3) is 4.92. The van der Waals surface area contributed by atoms with Crippen molar-refractivity contribution >= 4 is 11.8 Å². The van der Waals surface area contributed by atoms with Crippen LogP contribution in [-0.4, -0.2) is 11.8 Å². The minimum absolute atomic E-state index is 0.0677. The second kappa shape index (κ2) is 8.62. The second-order valence-corrected chi connectivity index (χ2v) is 5.63. The van der Waals surface area contributed by atoms with E-state index in [1.54, 1.807) is 78.9 Å². The first kappa shape index (κ1) is 18.1. The van der Waals surface area contributed by atoms with Crippen molar-refractivity contribution in [3.63, 3.8) is 0 Å². The monoisotopic (exact) mass is 364 g/mol. The molecule has 3 rings (SSSR count). The summed E-state index contributed by atoms with van der Waals surface area (Å²) in [5.74, 6) is 0.660. The van der Waals surface area contributed by atoms with E-state index in [9.17, 15) is 9.18 Å². The highest BCUT2D eigenvalue weighted by Gasteiger charge is 2.07. The molecule has 0 unspecified atom stereocenters. The van der Waals surface area contributed by atoms with Gasteiger partial charge in [0.2, 0.25) is 0 Å². The molecule has 0 heterocycles. The zero-order valence-electron chi connectivity index (χ0n) is 14.3. The molecule has 0 amide bonds. The molecule has 136 valence electrons. The van der Waals surface area contributed by atoms with Gasteiger partial charge in [-0.3, -0.25) is 0 Å². The fourth-order valence-electron chi connectivity index (χ4n) is 2.25. The van der Waals surface area contributed by atoms with Crippen LogP contribution in [0.1, 0.15) is 21.5 Å². The van der Waals surface area contributed by atoms with Crippen LogP contribution in [0.3, 0.4) is 0 Å². The van der Waals surface area contributed by atoms with Crippen LogP contribution in [-0.2, 0) is 11.5 Å². The number of benzene rings is 3. The Morgan fingerprint density at radius 3 is 2.04 bits per heavy atom. The first-order valence-corrected chi connectivity index (χ1v) is 8.19. The average Bonchev–Trinajstić information content (AvgIpc) is 2.73. The van der Waals surface area contributed by atoms with E-state index in [2.05, 4.69) is 5.16 Å². The first-order chi connectivity index (χ1) is 13.2. The highest BCUT2D eigenvalue weighted by Crippen LogP contribution is 2.22. The SMILES string of the molecule is N/C(=N\OC(=O)c1ccccc1)c1ccc(Oc2ccc(CF)cc2)cc1. The van der Waals surface area contributed by atoms with Gasteiger partial charge < -0.3 is 15.3 Å². The van der Waals surface area contributed by atoms with Crippen LogP contribution in [0, 0.1) is 0 Å². The molecule has 0 radical (unpaired) electrons. The van der Waals surface area contributed by atoms with Gasteiger partial charge in [-0.25, -0.2) is 9.18 Å². The Morgan fingerprint density at radius 1 is 0.852 bits per heavy atom. The van der Waals surface area contributed by atoms with Crippen molar-refractivity contribution in [2.24, 2.45) is 10.9 Å². The molecular formula is C21H17FN2O3. The van der Waals surface area contributed by atoms with Crippen molar-refractivity contribution in [1.29, 1.82) is 0 Å². The van der Waals surface area contributed by atoms with Gasteiger partial charge in [0.15, 0.2) is 5.84 Å². The van der Waals surface area contributed by atoms with E-state index in [1.807, 2.05) is 0 Å². The van der Waals surface area contributed by atoms with Crippen molar-refractivity contribution in [3.8, 4) is 11.5 Å². The van der Waals surface area contributed by atoms with Gasteiger partial charge in [0.1, 0.15) is 18.2 Å². The zero-order chi connectivity index (χ0) is 19.1. The van der Waals surface area contributed by atoms with Gasteiger partial charge in [-0.2, -0.15) is 0 Å². The molecule has 0 fully saturated rings. The maximum Gasteiger partial charge on any atom is 0.365 e. The standard InChI is InChI=1S/C21H17FN2O3/c22-14-15-6-10-18(11-7-15)26-19-12-8-16(9-13-19)20(23)24-27-21(25)17-4-2-1-3-5-17/h1-13H,14H2,(H2,23,24). The molecule has 0 aliphatic carbocycles. The molecule has 3 aromatic carbocycles. The number of nitrogens with zero attached hydrogens (tertiary/aromatic N) is 1. The number of carbonyl (C=O) groups excluding carboxylic acids is 1. The molecule has 0 bridgehead atoms. The molecule has 0 aliphatic heterocycles. The molecule has 0 aromatic heterocycles. The van der Waals surface area contributed by atoms with Gasteiger partial charge in [0.25, 0.3) is 0 Å². The minimum Gasteiger partial charge on any atom is -0.457 e.